The van der Waals surface area contributed by atoms with Crippen LogP contribution in [0.15, 0.2) is 24.4 Å². The first-order valence-corrected chi connectivity index (χ1v) is 6.77. The van der Waals surface area contributed by atoms with Crippen LogP contribution in [-0.2, 0) is 11.2 Å². The predicted octanol–water partition coefficient (Wildman–Crippen LogP) is 0.977. The molecule has 1 saturated carbocycles. The van der Waals surface area contributed by atoms with Crippen molar-refractivity contribution in [3.63, 3.8) is 0 Å². The van der Waals surface area contributed by atoms with E-state index in [1.165, 1.54) is 12.8 Å². The molecule has 4 nitrogen and oxygen atoms in total. The highest BCUT2D eigenvalue weighted by Crippen LogP contribution is 2.22. The Labute approximate surface area is 107 Å². The lowest BCUT2D eigenvalue weighted by molar-refractivity contribution is -0.129. The Kier molecular flexibility index (Phi) is 3.28. The molecule has 0 radical (unpaired) electrons. The molecule has 1 unspecified atom stereocenters. The minimum Gasteiger partial charge on any atom is -0.341 e. The van der Waals surface area contributed by atoms with Gasteiger partial charge in [0, 0.05) is 37.4 Å². The van der Waals surface area contributed by atoms with Crippen molar-refractivity contribution < 1.29 is 4.79 Å². The number of hydrogen-bond acceptors (Lipinski definition) is 3. The van der Waals surface area contributed by atoms with Gasteiger partial charge in [-0.05, 0) is 31.4 Å². The molecular formula is C14H19N3O. The highest BCUT2D eigenvalue weighted by atomic mass is 16.2. The Morgan fingerprint density at radius 2 is 2.22 bits per heavy atom. The second-order valence-electron chi connectivity index (χ2n) is 5.18. The number of carbonyl (C=O) groups is 1. The zero-order valence-electron chi connectivity index (χ0n) is 10.5. The summed E-state index contributed by atoms with van der Waals surface area (Å²) < 4.78 is 0. The maximum Gasteiger partial charge on any atom is 0.239 e. The van der Waals surface area contributed by atoms with Gasteiger partial charge in [-0.1, -0.05) is 6.07 Å². The summed E-state index contributed by atoms with van der Waals surface area (Å²) in [6.45, 7) is 1.68. The second kappa shape index (κ2) is 5.06. The van der Waals surface area contributed by atoms with Crippen LogP contribution < -0.4 is 5.32 Å². The van der Waals surface area contributed by atoms with Gasteiger partial charge in [0.15, 0.2) is 0 Å². The van der Waals surface area contributed by atoms with Gasteiger partial charge in [-0.15, -0.1) is 0 Å². The van der Waals surface area contributed by atoms with Gasteiger partial charge in [0.25, 0.3) is 0 Å². The Hall–Kier alpha value is -1.42. The molecule has 0 aromatic carbocycles. The minimum atomic E-state index is 0.0706. The third-order valence-electron chi connectivity index (χ3n) is 3.68. The summed E-state index contributed by atoms with van der Waals surface area (Å²) in [6, 6.07) is 6.60. The first-order valence-electron chi connectivity index (χ1n) is 6.77. The number of nitrogens with one attached hydrogen (secondary N) is 1. The molecule has 0 bridgehead atoms. The van der Waals surface area contributed by atoms with E-state index in [0.29, 0.717) is 6.04 Å². The van der Waals surface area contributed by atoms with E-state index in [2.05, 4.69) is 10.3 Å². The van der Waals surface area contributed by atoms with E-state index in [4.69, 9.17) is 0 Å². The molecule has 1 saturated heterocycles. The summed E-state index contributed by atoms with van der Waals surface area (Å²) in [5.41, 5.74) is 1.06. The average Bonchev–Trinajstić information content (AvgIpc) is 3.15. The van der Waals surface area contributed by atoms with E-state index >= 15 is 0 Å². The summed E-state index contributed by atoms with van der Waals surface area (Å²) >= 11 is 0. The zero-order chi connectivity index (χ0) is 12.4. The van der Waals surface area contributed by atoms with Crippen molar-refractivity contribution in [1.29, 1.82) is 0 Å². The Morgan fingerprint density at radius 1 is 1.33 bits per heavy atom. The van der Waals surface area contributed by atoms with Crippen molar-refractivity contribution in [2.24, 2.45) is 0 Å². The van der Waals surface area contributed by atoms with Gasteiger partial charge in [-0.25, -0.2) is 0 Å². The summed E-state index contributed by atoms with van der Waals surface area (Å²) in [7, 11) is 0. The highest BCUT2D eigenvalue weighted by Gasteiger charge is 2.35. The SMILES string of the molecule is O=C1C(NC2CC2)CCN1CCc1ccccn1. The average molecular weight is 245 g/mol. The molecule has 0 spiro atoms. The van der Waals surface area contributed by atoms with Crippen molar-refractivity contribution in [2.75, 3.05) is 13.1 Å². The normalized spacial score (nSPS) is 23.7. The number of carbonyl (C=O) groups excluding carboxylic acids is 1. The van der Waals surface area contributed by atoms with Gasteiger partial charge in [-0.2, -0.15) is 0 Å². The molecule has 1 aromatic heterocycles. The fourth-order valence-corrected chi connectivity index (χ4v) is 2.45. The van der Waals surface area contributed by atoms with Gasteiger partial charge >= 0.3 is 0 Å². The zero-order valence-corrected chi connectivity index (χ0v) is 10.5. The number of likely N-dealkylation sites (tertiary alicyclic amines) is 1. The van der Waals surface area contributed by atoms with Crippen LogP contribution in [0.5, 0.6) is 0 Å². The quantitative estimate of drug-likeness (QED) is 0.841. The molecule has 1 aliphatic heterocycles. The lowest BCUT2D eigenvalue weighted by Crippen LogP contribution is -2.39. The largest absolute Gasteiger partial charge is 0.341 e. The van der Waals surface area contributed by atoms with E-state index in [1.54, 1.807) is 6.20 Å². The van der Waals surface area contributed by atoms with E-state index in [-0.39, 0.29) is 11.9 Å². The van der Waals surface area contributed by atoms with Crippen LogP contribution >= 0.6 is 0 Å². The predicted molar refractivity (Wildman–Crippen MR) is 69.1 cm³/mol. The van der Waals surface area contributed by atoms with Crippen LogP contribution in [0, 0.1) is 0 Å². The molecule has 2 fully saturated rings. The Balaban J connectivity index is 1.50. The Morgan fingerprint density at radius 3 is 2.94 bits per heavy atom. The van der Waals surface area contributed by atoms with E-state index in [1.807, 2.05) is 23.1 Å². The molecule has 1 atom stereocenters. The van der Waals surface area contributed by atoms with Gasteiger partial charge in [0.05, 0.1) is 6.04 Å². The number of nitrogens with zero attached hydrogens (tertiary/aromatic N) is 2. The monoisotopic (exact) mass is 245 g/mol. The molecule has 4 heteroatoms. The standard InChI is InChI=1S/C14H19N3O/c18-14-13(16-12-4-5-12)7-10-17(14)9-6-11-3-1-2-8-15-11/h1-3,8,12-13,16H,4-7,9-10H2. The van der Waals surface area contributed by atoms with Crippen molar-refractivity contribution in [3.8, 4) is 0 Å². The molecule has 96 valence electrons. The summed E-state index contributed by atoms with van der Waals surface area (Å²) in [5.74, 6) is 0.276. The van der Waals surface area contributed by atoms with E-state index in [0.717, 1.165) is 31.6 Å². The molecule has 18 heavy (non-hydrogen) atoms. The third-order valence-corrected chi connectivity index (χ3v) is 3.68. The lowest BCUT2D eigenvalue weighted by atomic mass is 10.2. The molecule has 1 N–H and O–H groups in total. The van der Waals surface area contributed by atoms with Crippen molar-refractivity contribution in [1.82, 2.24) is 15.2 Å². The second-order valence-corrected chi connectivity index (χ2v) is 5.18. The van der Waals surface area contributed by atoms with Crippen LogP contribution in [0.2, 0.25) is 0 Å². The summed E-state index contributed by atoms with van der Waals surface area (Å²) in [4.78, 5) is 18.4. The van der Waals surface area contributed by atoms with Gasteiger partial charge in [0.1, 0.15) is 0 Å². The molecular weight excluding hydrogens is 226 g/mol. The molecule has 2 aliphatic rings. The minimum absolute atomic E-state index is 0.0706. The van der Waals surface area contributed by atoms with Crippen LogP contribution in [0.3, 0.4) is 0 Å². The fourth-order valence-electron chi connectivity index (χ4n) is 2.45. The molecule has 1 aromatic rings. The van der Waals surface area contributed by atoms with E-state index in [9.17, 15) is 4.79 Å². The van der Waals surface area contributed by atoms with E-state index < -0.39 is 0 Å². The van der Waals surface area contributed by atoms with Crippen LogP contribution in [-0.4, -0.2) is 41.0 Å². The smallest absolute Gasteiger partial charge is 0.239 e. The van der Waals surface area contributed by atoms with Crippen molar-refractivity contribution in [3.05, 3.63) is 30.1 Å². The van der Waals surface area contributed by atoms with Crippen molar-refractivity contribution in [2.45, 2.75) is 37.8 Å². The molecule has 2 heterocycles. The van der Waals surface area contributed by atoms with Gasteiger partial charge in [0.2, 0.25) is 5.91 Å². The van der Waals surface area contributed by atoms with Gasteiger partial charge in [-0.3, -0.25) is 9.78 Å². The molecule has 1 amide bonds. The number of aromatic nitrogens is 1. The Bertz CT molecular complexity index is 416. The van der Waals surface area contributed by atoms with Crippen LogP contribution in [0.4, 0.5) is 0 Å². The number of amides is 1. The summed E-state index contributed by atoms with van der Waals surface area (Å²) in [6.07, 6.45) is 6.08. The first-order chi connectivity index (χ1) is 8.83. The number of hydrogen-bond donors (Lipinski definition) is 1. The topological polar surface area (TPSA) is 45.2 Å². The fraction of sp³-hybridized carbons (Fsp3) is 0.571. The maximum atomic E-state index is 12.1. The van der Waals surface area contributed by atoms with Crippen LogP contribution in [0.1, 0.15) is 25.0 Å². The number of rotatable bonds is 5. The van der Waals surface area contributed by atoms with Crippen molar-refractivity contribution >= 4 is 5.91 Å². The maximum absolute atomic E-state index is 12.1. The number of pyridine rings is 1. The third kappa shape index (κ3) is 2.70. The summed E-state index contributed by atoms with van der Waals surface area (Å²) in [5, 5.41) is 3.42. The lowest BCUT2D eigenvalue weighted by Gasteiger charge is -2.16. The molecule has 1 aliphatic carbocycles. The molecule has 3 rings (SSSR count). The van der Waals surface area contributed by atoms with Crippen LogP contribution in [0.25, 0.3) is 0 Å². The first kappa shape index (κ1) is 11.7. The highest BCUT2D eigenvalue weighted by molar-refractivity contribution is 5.84. The van der Waals surface area contributed by atoms with Gasteiger partial charge < -0.3 is 10.2 Å².